The lowest BCUT2D eigenvalue weighted by atomic mass is 10.00. The van der Waals surface area contributed by atoms with Crippen LogP contribution in [0.4, 0.5) is 0 Å². The number of aryl methyl sites for hydroxylation is 1. The fourth-order valence-corrected chi connectivity index (χ4v) is 2.63. The molecule has 0 aromatic carbocycles. The molecule has 9 heteroatoms. The van der Waals surface area contributed by atoms with Crippen LogP contribution in [0.1, 0.15) is 25.0 Å². The molecule has 0 aliphatic heterocycles. The van der Waals surface area contributed by atoms with Crippen LogP contribution >= 0.6 is 0 Å². The molecule has 1 atom stereocenters. The Morgan fingerprint density at radius 3 is 2.75 bits per heavy atom. The molecule has 0 saturated heterocycles. The van der Waals surface area contributed by atoms with E-state index in [1.165, 1.54) is 0 Å². The van der Waals surface area contributed by atoms with E-state index < -0.39 is 5.60 Å². The van der Waals surface area contributed by atoms with E-state index in [0.717, 1.165) is 23.5 Å². The maximum Gasteiger partial charge on any atom is 0.191 e. The third-order valence-electron chi connectivity index (χ3n) is 4.27. The Balaban J connectivity index is 1.62. The SMILES string of the molecule is CCNC(=NCc1ccc(-n2ccnc2)nc1)NCC(C)(O)c1cnn(C)c1. The summed E-state index contributed by atoms with van der Waals surface area (Å²) >= 11 is 0. The first-order valence-electron chi connectivity index (χ1n) is 9.15. The number of nitrogens with one attached hydrogen (secondary N) is 2. The highest BCUT2D eigenvalue weighted by Gasteiger charge is 2.24. The largest absolute Gasteiger partial charge is 0.383 e. The van der Waals surface area contributed by atoms with Crippen molar-refractivity contribution >= 4 is 5.96 Å². The Labute approximate surface area is 164 Å². The van der Waals surface area contributed by atoms with Crippen LogP contribution in [-0.4, -0.2) is 48.5 Å². The molecule has 0 fully saturated rings. The van der Waals surface area contributed by atoms with Gasteiger partial charge in [-0.3, -0.25) is 9.25 Å². The molecule has 0 bridgehead atoms. The number of hydrogen-bond donors (Lipinski definition) is 3. The third kappa shape index (κ3) is 4.95. The fourth-order valence-electron chi connectivity index (χ4n) is 2.63. The molecule has 28 heavy (non-hydrogen) atoms. The minimum absolute atomic E-state index is 0.308. The second-order valence-electron chi connectivity index (χ2n) is 6.72. The van der Waals surface area contributed by atoms with Gasteiger partial charge in [-0.2, -0.15) is 5.10 Å². The van der Waals surface area contributed by atoms with Crippen LogP contribution in [-0.2, 0) is 19.2 Å². The number of guanidine groups is 1. The highest BCUT2D eigenvalue weighted by Crippen LogP contribution is 2.18. The number of aliphatic imine (C=N–C) groups is 1. The molecule has 9 nitrogen and oxygen atoms in total. The van der Waals surface area contributed by atoms with Crippen LogP contribution in [0.15, 0.2) is 54.4 Å². The van der Waals surface area contributed by atoms with Crippen molar-refractivity contribution in [3.63, 3.8) is 0 Å². The van der Waals surface area contributed by atoms with E-state index in [2.05, 4.69) is 30.7 Å². The van der Waals surface area contributed by atoms with Gasteiger partial charge in [-0.25, -0.2) is 15.0 Å². The van der Waals surface area contributed by atoms with Crippen LogP contribution in [0.5, 0.6) is 0 Å². The first kappa shape index (κ1) is 19.6. The summed E-state index contributed by atoms with van der Waals surface area (Å²) in [6.07, 6.45) is 10.5. The van der Waals surface area contributed by atoms with Crippen molar-refractivity contribution in [1.82, 2.24) is 34.9 Å². The van der Waals surface area contributed by atoms with E-state index in [1.807, 2.05) is 36.9 Å². The molecule has 0 aliphatic rings. The van der Waals surface area contributed by atoms with Gasteiger partial charge in [-0.05, 0) is 25.5 Å². The number of aliphatic hydroxyl groups is 1. The monoisotopic (exact) mass is 382 g/mol. The Morgan fingerprint density at radius 1 is 1.29 bits per heavy atom. The van der Waals surface area contributed by atoms with Crippen LogP contribution in [0.3, 0.4) is 0 Å². The predicted molar refractivity (Wildman–Crippen MR) is 107 cm³/mol. The molecule has 0 amide bonds. The third-order valence-corrected chi connectivity index (χ3v) is 4.27. The van der Waals surface area contributed by atoms with E-state index in [9.17, 15) is 5.11 Å². The molecule has 0 saturated carbocycles. The van der Waals surface area contributed by atoms with Crippen molar-refractivity contribution in [3.8, 4) is 5.82 Å². The maximum atomic E-state index is 10.7. The molecule has 148 valence electrons. The molecule has 3 aromatic rings. The van der Waals surface area contributed by atoms with Gasteiger partial charge in [0.2, 0.25) is 0 Å². The number of rotatable bonds is 7. The van der Waals surface area contributed by atoms with E-state index in [1.54, 1.807) is 42.7 Å². The molecule has 3 N–H and O–H groups in total. The van der Waals surface area contributed by atoms with E-state index in [4.69, 9.17) is 0 Å². The van der Waals surface area contributed by atoms with Crippen LogP contribution in [0.2, 0.25) is 0 Å². The summed E-state index contributed by atoms with van der Waals surface area (Å²) in [6, 6.07) is 3.92. The second-order valence-corrected chi connectivity index (χ2v) is 6.72. The zero-order valence-electron chi connectivity index (χ0n) is 16.4. The predicted octanol–water partition coefficient (Wildman–Crippen LogP) is 0.964. The molecule has 0 radical (unpaired) electrons. The molecule has 3 rings (SSSR count). The van der Waals surface area contributed by atoms with E-state index in [-0.39, 0.29) is 0 Å². The van der Waals surface area contributed by atoms with Crippen molar-refractivity contribution in [2.75, 3.05) is 13.1 Å². The number of imidazole rings is 1. The van der Waals surface area contributed by atoms with Gasteiger partial charge in [0.05, 0.1) is 19.3 Å². The molecule has 3 heterocycles. The number of hydrogen-bond acceptors (Lipinski definition) is 5. The normalized spacial score (nSPS) is 13.9. The van der Waals surface area contributed by atoms with Crippen LogP contribution in [0.25, 0.3) is 5.82 Å². The summed E-state index contributed by atoms with van der Waals surface area (Å²) in [5.41, 5.74) is 0.677. The minimum atomic E-state index is -1.06. The quantitative estimate of drug-likeness (QED) is 0.415. The molecular weight excluding hydrogens is 356 g/mol. The van der Waals surface area contributed by atoms with E-state index in [0.29, 0.717) is 19.0 Å². The molecule has 0 spiro atoms. The van der Waals surface area contributed by atoms with Gasteiger partial charge in [0, 0.05) is 43.9 Å². The first-order valence-corrected chi connectivity index (χ1v) is 9.15. The van der Waals surface area contributed by atoms with E-state index >= 15 is 0 Å². The first-order chi connectivity index (χ1) is 13.5. The lowest BCUT2D eigenvalue weighted by Gasteiger charge is -2.23. The summed E-state index contributed by atoms with van der Waals surface area (Å²) in [5, 5.41) is 21.2. The number of nitrogens with zero attached hydrogens (tertiary/aromatic N) is 6. The van der Waals surface area contributed by atoms with Crippen molar-refractivity contribution in [2.45, 2.75) is 26.0 Å². The fraction of sp³-hybridized carbons (Fsp3) is 0.368. The van der Waals surface area contributed by atoms with Gasteiger partial charge in [-0.15, -0.1) is 0 Å². The standard InChI is InChI=1S/C19H26N8O/c1-4-21-18(24-13-19(2,28)16-11-25-26(3)12-16)23-10-15-5-6-17(22-9-15)27-8-7-20-14-27/h5-9,11-12,14,28H,4,10,13H2,1-3H3,(H2,21,23,24). The van der Waals surface area contributed by atoms with Gasteiger partial charge in [-0.1, -0.05) is 6.07 Å². The van der Waals surface area contributed by atoms with Crippen molar-refractivity contribution in [2.24, 2.45) is 12.0 Å². The Kier molecular flexibility index (Phi) is 6.05. The number of pyridine rings is 1. The topological polar surface area (TPSA) is 105 Å². The lowest BCUT2D eigenvalue weighted by Crippen LogP contribution is -2.44. The smallest absolute Gasteiger partial charge is 0.191 e. The summed E-state index contributed by atoms with van der Waals surface area (Å²) in [6.45, 7) is 5.25. The molecule has 3 aromatic heterocycles. The van der Waals surface area contributed by atoms with Gasteiger partial charge >= 0.3 is 0 Å². The highest BCUT2D eigenvalue weighted by molar-refractivity contribution is 5.79. The summed E-state index contributed by atoms with van der Waals surface area (Å²) < 4.78 is 3.52. The zero-order chi connectivity index (χ0) is 20.0. The Hall–Kier alpha value is -3.20. The van der Waals surface area contributed by atoms with Gasteiger partial charge < -0.3 is 15.7 Å². The molecular formula is C19H26N8O. The molecule has 1 unspecified atom stereocenters. The summed E-state index contributed by atoms with van der Waals surface area (Å²) in [4.78, 5) is 13.0. The molecule has 0 aliphatic carbocycles. The Bertz CT molecular complexity index is 896. The minimum Gasteiger partial charge on any atom is -0.383 e. The van der Waals surface area contributed by atoms with Crippen molar-refractivity contribution in [1.29, 1.82) is 0 Å². The second kappa shape index (κ2) is 8.66. The van der Waals surface area contributed by atoms with Crippen molar-refractivity contribution < 1.29 is 5.11 Å². The summed E-state index contributed by atoms with van der Waals surface area (Å²) in [7, 11) is 1.82. The van der Waals surface area contributed by atoms with Gasteiger partial charge in [0.15, 0.2) is 5.96 Å². The lowest BCUT2D eigenvalue weighted by molar-refractivity contribution is 0.0616. The van der Waals surface area contributed by atoms with Crippen LogP contribution in [0, 0.1) is 0 Å². The van der Waals surface area contributed by atoms with Crippen molar-refractivity contribution in [3.05, 3.63) is 60.6 Å². The maximum absolute atomic E-state index is 10.7. The Morgan fingerprint density at radius 2 is 2.14 bits per heavy atom. The zero-order valence-corrected chi connectivity index (χ0v) is 16.4. The van der Waals surface area contributed by atoms with Gasteiger partial charge in [0.25, 0.3) is 0 Å². The average Bonchev–Trinajstić information content (AvgIpc) is 3.37. The summed E-state index contributed by atoms with van der Waals surface area (Å²) in [5.74, 6) is 1.44. The average molecular weight is 382 g/mol. The number of aromatic nitrogens is 5. The van der Waals surface area contributed by atoms with Gasteiger partial charge in [0.1, 0.15) is 17.7 Å². The highest BCUT2D eigenvalue weighted by atomic mass is 16.3. The van der Waals surface area contributed by atoms with Crippen LogP contribution < -0.4 is 10.6 Å².